The molecule has 0 saturated heterocycles. The number of hydrogen-bond donors (Lipinski definition) is 1. The van der Waals surface area contributed by atoms with Gasteiger partial charge in [0, 0.05) is 18.8 Å². The first-order valence-corrected chi connectivity index (χ1v) is 9.84. The van der Waals surface area contributed by atoms with Gasteiger partial charge in [-0.05, 0) is 55.3 Å². The molecule has 6 nitrogen and oxygen atoms in total. The van der Waals surface area contributed by atoms with Crippen molar-refractivity contribution in [3.05, 3.63) is 59.4 Å². The molecule has 1 heterocycles. The van der Waals surface area contributed by atoms with E-state index in [1.807, 2.05) is 26.0 Å². The van der Waals surface area contributed by atoms with E-state index >= 15 is 0 Å². The monoisotopic (exact) mass is 361 g/mol. The Balaban J connectivity index is 2.15. The minimum atomic E-state index is -3.33. The number of aryl methyl sites for hydroxylation is 1. The third-order valence-electron chi connectivity index (χ3n) is 4.00. The van der Waals surface area contributed by atoms with Crippen LogP contribution in [0.15, 0.2) is 42.6 Å². The van der Waals surface area contributed by atoms with Crippen LogP contribution >= 0.6 is 0 Å². The summed E-state index contributed by atoms with van der Waals surface area (Å²) in [4.78, 5) is 16.8. The second-order valence-corrected chi connectivity index (χ2v) is 7.98. The fourth-order valence-electron chi connectivity index (χ4n) is 2.39. The van der Waals surface area contributed by atoms with Gasteiger partial charge in [-0.15, -0.1) is 0 Å². The Bertz CT molecular complexity index is 848. The van der Waals surface area contributed by atoms with Gasteiger partial charge in [0.15, 0.2) is 0 Å². The molecule has 0 fully saturated rings. The van der Waals surface area contributed by atoms with Crippen LogP contribution in [-0.2, 0) is 10.0 Å². The van der Waals surface area contributed by atoms with Gasteiger partial charge in [0.1, 0.15) is 0 Å². The molecular weight excluding hydrogens is 338 g/mol. The molecule has 7 heteroatoms. The first-order chi connectivity index (χ1) is 11.7. The van der Waals surface area contributed by atoms with Crippen molar-refractivity contribution in [2.24, 2.45) is 0 Å². The van der Waals surface area contributed by atoms with Crippen molar-refractivity contribution in [1.82, 2.24) is 10.3 Å². The summed E-state index contributed by atoms with van der Waals surface area (Å²) in [5.74, 6) is -0.219. The zero-order valence-electron chi connectivity index (χ0n) is 14.9. The Kier molecular flexibility index (Phi) is 5.79. The number of aromatic nitrogens is 1. The fraction of sp³-hybridized carbons (Fsp3) is 0.333. The maximum Gasteiger partial charge on any atom is 0.251 e. The molecule has 0 spiro atoms. The smallest absolute Gasteiger partial charge is 0.251 e. The summed E-state index contributed by atoms with van der Waals surface area (Å²) in [5, 5.41) is 2.97. The normalized spacial score (nSPS) is 12.5. The van der Waals surface area contributed by atoms with Crippen LogP contribution in [0.1, 0.15) is 41.0 Å². The Labute approximate surface area is 148 Å². The molecule has 1 N–H and O–H groups in total. The zero-order valence-corrected chi connectivity index (χ0v) is 15.7. The standard InChI is InChI=1S/C18H23N3O3S/c1-5-16(17-12-13(2)10-11-19-17)20-18(22)14-6-8-15(9-7-14)21(3)25(4,23)24/h6-12,16H,5H2,1-4H3,(H,20,22)/t16-/m0/s1. The summed E-state index contributed by atoms with van der Waals surface area (Å²) in [5.41, 5.74) is 2.89. The van der Waals surface area contributed by atoms with Gasteiger partial charge in [-0.3, -0.25) is 14.1 Å². The van der Waals surface area contributed by atoms with Gasteiger partial charge >= 0.3 is 0 Å². The predicted molar refractivity (Wildman–Crippen MR) is 99.2 cm³/mol. The van der Waals surface area contributed by atoms with Crippen LogP contribution in [0.5, 0.6) is 0 Å². The maximum absolute atomic E-state index is 12.5. The van der Waals surface area contributed by atoms with Crippen LogP contribution in [0.3, 0.4) is 0 Å². The molecule has 25 heavy (non-hydrogen) atoms. The second-order valence-electron chi connectivity index (χ2n) is 5.97. The molecule has 0 aliphatic rings. The summed E-state index contributed by atoms with van der Waals surface area (Å²) in [7, 11) is -1.85. The molecule has 0 saturated carbocycles. The van der Waals surface area contributed by atoms with E-state index in [2.05, 4.69) is 10.3 Å². The Morgan fingerprint density at radius 3 is 2.40 bits per heavy atom. The number of benzene rings is 1. The van der Waals surface area contributed by atoms with Crippen molar-refractivity contribution in [3.8, 4) is 0 Å². The highest BCUT2D eigenvalue weighted by atomic mass is 32.2. The Hall–Kier alpha value is -2.41. The lowest BCUT2D eigenvalue weighted by Gasteiger charge is -2.18. The quantitative estimate of drug-likeness (QED) is 0.858. The summed E-state index contributed by atoms with van der Waals surface area (Å²) >= 11 is 0. The van der Waals surface area contributed by atoms with Crippen molar-refractivity contribution < 1.29 is 13.2 Å². The molecule has 0 aliphatic carbocycles. The van der Waals surface area contributed by atoms with E-state index in [1.165, 1.54) is 11.4 Å². The van der Waals surface area contributed by atoms with Crippen molar-refractivity contribution >= 4 is 21.6 Å². The zero-order chi connectivity index (χ0) is 18.6. The van der Waals surface area contributed by atoms with Crippen molar-refractivity contribution in [2.75, 3.05) is 17.6 Å². The fourth-order valence-corrected chi connectivity index (χ4v) is 2.90. The largest absolute Gasteiger partial charge is 0.344 e. The number of hydrogen-bond acceptors (Lipinski definition) is 4. The summed E-state index contributed by atoms with van der Waals surface area (Å²) in [6.45, 7) is 3.97. The van der Waals surface area contributed by atoms with Crippen LogP contribution in [0, 0.1) is 6.92 Å². The van der Waals surface area contributed by atoms with Crippen LogP contribution in [0.2, 0.25) is 0 Å². The molecule has 0 aliphatic heterocycles. The minimum absolute atomic E-state index is 0.175. The van der Waals surface area contributed by atoms with Gasteiger partial charge in [0.05, 0.1) is 23.7 Å². The highest BCUT2D eigenvalue weighted by Gasteiger charge is 2.16. The molecule has 134 valence electrons. The number of carbonyl (C=O) groups excluding carboxylic acids is 1. The molecule has 0 radical (unpaired) electrons. The molecular formula is C18H23N3O3S. The Morgan fingerprint density at radius 1 is 1.24 bits per heavy atom. The van der Waals surface area contributed by atoms with Gasteiger partial charge in [-0.2, -0.15) is 0 Å². The van der Waals surface area contributed by atoms with E-state index in [1.54, 1.807) is 30.5 Å². The first-order valence-electron chi connectivity index (χ1n) is 7.99. The topological polar surface area (TPSA) is 79.4 Å². The molecule has 0 unspecified atom stereocenters. The SMILES string of the molecule is CC[C@H](NC(=O)c1ccc(N(C)S(C)(=O)=O)cc1)c1cc(C)ccn1. The lowest BCUT2D eigenvalue weighted by atomic mass is 10.1. The van der Waals surface area contributed by atoms with Gasteiger partial charge in [0.25, 0.3) is 5.91 Å². The third kappa shape index (κ3) is 4.79. The van der Waals surface area contributed by atoms with Crippen LogP contribution in [-0.4, -0.2) is 32.6 Å². The van der Waals surface area contributed by atoms with E-state index in [4.69, 9.17) is 0 Å². The number of anilines is 1. The van der Waals surface area contributed by atoms with E-state index in [0.29, 0.717) is 11.3 Å². The highest BCUT2D eigenvalue weighted by molar-refractivity contribution is 7.92. The highest BCUT2D eigenvalue weighted by Crippen LogP contribution is 2.19. The number of amides is 1. The van der Waals surface area contributed by atoms with Crippen molar-refractivity contribution in [3.63, 3.8) is 0 Å². The summed E-state index contributed by atoms with van der Waals surface area (Å²) in [6, 6.07) is 10.1. The molecule has 1 amide bonds. The molecule has 1 aromatic heterocycles. The van der Waals surface area contributed by atoms with Crippen LogP contribution in [0.4, 0.5) is 5.69 Å². The van der Waals surface area contributed by atoms with Gasteiger partial charge < -0.3 is 5.32 Å². The molecule has 2 aromatic rings. The third-order valence-corrected chi connectivity index (χ3v) is 5.20. The maximum atomic E-state index is 12.5. The number of rotatable bonds is 6. The number of nitrogens with one attached hydrogen (secondary N) is 1. The molecule has 2 rings (SSSR count). The number of carbonyl (C=O) groups is 1. The average molecular weight is 361 g/mol. The van der Waals surface area contributed by atoms with Gasteiger partial charge in [-0.25, -0.2) is 8.42 Å². The predicted octanol–water partition coefficient (Wildman–Crippen LogP) is 2.67. The van der Waals surface area contributed by atoms with Crippen molar-refractivity contribution in [1.29, 1.82) is 0 Å². The van der Waals surface area contributed by atoms with Crippen LogP contribution < -0.4 is 9.62 Å². The van der Waals surface area contributed by atoms with Gasteiger partial charge in [0.2, 0.25) is 10.0 Å². The van der Waals surface area contributed by atoms with E-state index in [-0.39, 0.29) is 11.9 Å². The minimum Gasteiger partial charge on any atom is -0.344 e. The molecule has 1 atom stereocenters. The molecule has 0 bridgehead atoms. The number of pyridine rings is 1. The van der Waals surface area contributed by atoms with Crippen molar-refractivity contribution in [2.45, 2.75) is 26.3 Å². The average Bonchev–Trinajstić information content (AvgIpc) is 2.58. The lowest BCUT2D eigenvalue weighted by Crippen LogP contribution is -2.29. The van der Waals surface area contributed by atoms with Crippen LogP contribution in [0.25, 0.3) is 0 Å². The summed E-state index contributed by atoms with van der Waals surface area (Å²) < 4.78 is 24.3. The summed E-state index contributed by atoms with van der Waals surface area (Å²) in [6.07, 6.45) is 3.58. The number of nitrogens with zero attached hydrogens (tertiary/aromatic N) is 2. The van der Waals surface area contributed by atoms with E-state index < -0.39 is 10.0 Å². The van der Waals surface area contributed by atoms with Gasteiger partial charge in [-0.1, -0.05) is 6.92 Å². The van der Waals surface area contributed by atoms with E-state index in [9.17, 15) is 13.2 Å². The van der Waals surface area contributed by atoms with E-state index in [0.717, 1.165) is 23.9 Å². The first kappa shape index (κ1) is 18.9. The second kappa shape index (κ2) is 7.65. The molecule has 1 aromatic carbocycles. The Morgan fingerprint density at radius 2 is 1.88 bits per heavy atom. The number of sulfonamides is 1. The lowest BCUT2D eigenvalue weighted by molar-refractivity contribution is 0.0934.